The predicted octanol–water partition coefficient (Wildman–Crippen LogP) is 4.31. The fraction of sp³-hybridized carbons (Fsp3) is 0.0476. The molecule has 30 heavy (non-hydrogen) atoms. The number of nitrogens with zero attached hydrogens (tertiary/aromatic N) is 3. The van der Waals surface area contributed by atoms with Gasteiger partial charge in [0, 0.05) is 30.7 Å². The van der Waals surface area contributed by atoms with Gasteiger partial charge < -0.3 is 4.84 Å². The van der Waals surface area contributed by atoms with Gasteiger partial charge in [0.2, 0.25) is 0 Å². The van der Waals surface area contributed by atoms with Crippen molar-refractivity contribution in [1.29, 1.82) is 0 Å². The number of nitro benzene ring substituents is 2. The Bertz CT molecular complexity index is 1090. The average molecular weight is 405 g/mol. The second-order valence-corrected chi connectivity index (χ2v) is 6.19. The Morgan fingerprint density at radius 2 is 1.30 bits per heavy atom. The van der Waals surface area contributed by atoms with E-state index in [1.54, 1.807) is 36.4 Å². The van der Waals surface area contributed by atoms with E-state index in [2.05, 4.69) is 5.16 Å². The molecule has 3 aromatic rings. The average Bonchev–Trinajstić information content (AvgIpc) is 2.77. The monoisotopic (exact) mass is 405 g/mol. The molecule has 0 radical (unpaired) electrons. The highest BCUT2D eigenvalue weighted by molar-refractivity contribution is 6.02. The van der Waals surface area contributed by atoms with Gasteiger partial charge in [-0.25, -0.2) is 4.79 Å². The highest BCUT2D eigenvalue weighted by Gasteiger charge is 2.13. The molecule has 0 amide bonds. The Balaban J connectivity index is 1.81. The largest absolute Gasteiger partial charge is 0.365 e. The summed E-state index contributed by atoms with van der Waals surface area (Å²) in [4.78, 5) is 37.8. The van der Waals surface area contributed by atoms with Gasteiger partial charge in [-0.1, -0.05) is 47.6 Å². The summed E-state index contributed by atoms with van der Waals surface area (Å²) in [7, 11) is 0. The molecule has 0 atom stereocenters. The molecule has 0 fully saturated rings. The molecule has 0 saturated carbocycles. The second kappa shape index (κ2) is 9.20. The van der Waals surface area contributed by atoms with Crippen LogP contribution < -0.4 is 0 Å². The molecule has 0 unspecified atom stereocenters. The Hall–Kier alpha value is -4.40. The van der Waals surface area contributed by atoms with Crippen LogP contribution in [0.25, 0.3) is 0 Å². The lowest BCUT2D eigenvalue weighted by atomic mass is 10.0. The fourth-order valence-electron chi connectivity index (χ4n) is 2.61. The van der Waals surface area contributed by atoms with E-state index in [9.17, 15) is 25.0 Å². The van der Waals surface area contributed by atoms with Gasteiger partial charge in [-0.2, -0.15) is 0 Å². The summed E-state index contributed by atoms with van der Waals surface area (Å²) in [5, 5.41) is 25.5. The molecule has 0 heterocycles. The van der Waals surface area contributed by atoms with Gasteiger partial charge >= 0.3 is 5.97 Å². The molecule has 0 N–H and O–H groups in total. The summed E-state index contributed by atoms with van der Waals surface area (Å²) in [5.41, 5.74) is 1.86. The lowest BCUT2D eigenvalue weighted by molar-refractivity contribution is -0.385. The standard InChI is InChI=1S/C21H15N3O6/c25-21(17-8-12-19(13-9-17)24(28)29)30-22-20(16-4-2-1-3-5-16)14-15-6-10-18(11-7-15)23(26)27/h1-13H,14H2/b22-20+. The number of hydrogen-bond donors (Lipinski definition) is 0. The summed E-state index contributed by atoms with van der Waals surface area (Å²) in [6.07, 6.45) is 0.273. The van der Waals surface area contributed by atoms with Crippen LogP contribution in [0.2, 0.25) is 0 Å². The third kappa shape index (κ3) is 5.10. The van der Waals surface area contributed by atoms with Crippen LogP contribution in [0.5, 0.6) is 0 Å². The lowest BCUT2D eigenvalue weighted by Crippen LogP contribution is -2.09. The van der Waals surface area contributed by atoms with Crippen LogP contribution in [-0.2, 0) is 11.3 Å². The summed E-state index contributed by atoms with van der Waals surface area (Å²) >= 11 is 0. The normalized spacial score (nSPS) is 11.0. The number of carbonyl (C=O) groups is 1. The van der Waals surface area contributed by atoms with Crippen molar-refractivity contribution in [2.45, 2.75) is 6.42 Å². The molecule has 0 spiro atoms. The number of benzene rings is 3. The van der Waals surface area contributed by atoms with E-state index in [-0.39, 0.29) is 23.4 Å². The van der Waals surface area contributed by atoms with Crippen LogP contribution in [0, 0.1) is 20.2 Å². The van der Waals surface area contributed by atoms with Crippen molar-refractivity contribution in [2.24, 2.45) is 5.16 Å². The van der Waals surface area contributed by atoms with Crippen LogP contribution in [0.15, 0.2) is 84.0 Å². The Labute approximate surface area is 170 Å². The molecular formula is C21H15N3O6. The van der Waals surface area contributed by atoms with E-state index in [0.29, 0.717) is 11.3 Å². The molecule has 3 rings (SSSR count). The van der Waals surface area contributed by atoms with Gasteiger partial charge in [0.15, 0.2) is 0 Å². The maximum atomic E-state index is 12.3. The first-order chi connectivity index (χ1) is 14.4. The van der Waals surface area contributed by atoms with Crippen molar-refractivity contribution in [3.8, 4) is 0 Å². The fourth-order valence-corrected chi connectivity index (χ4v) is 2.61. The molecule has 0 aliphatic carbocycles. The first-order valence-electron chi connectivity index (χ1n) is 8.75. The molecule has 0 bridgehead atoms. The maximum Gasteiger partial charge on any atom is 0.365 e. The van der Waals surface area contributed by atoms with Crippen LogP contribution in [0.1, 0.15) is 21.5 Å². The first-order valence-corrected chi connectivity index (χ1v) is 8.75. The Kier molecular flexibility index (Phi) is 6.23. The summed E-state index contributed by atoms with van der Waals surface area (Å²) in [6, 6.07) is 20.0. The zero-order valence-electron chi connectivity index (χ0n) is 15.5. The first kappa shape index (κ1) is 20.3. The minimum Gasteiger partial charge on any atom is -0.313 e. The van der Waals surface area contributed by atoms with Crippen LogP contribution in [0.4, 0.5) is 11.4 Å². The zero-order valence-corrected chi connectivity index (χ0v) is 15.5. The van der Waals surface area contributed by atoms with E-state index >= 15 is 0 Å². The number of nitro groups is 2. The van der Waals surface area contributed by atoms with Crippen molar-refractivity contribution in [1.82, 2.24) is 0 Å². The molecule has 0 aromatic heterocycles. The van der Waals surface area contributed by atoms with Crippen LogP contribution in [-0.4, -0.2) is 21.5 Å². The van der Waals surface area contributed by atoms with Crippen LogP contribution >= 0.6 is 0 Å². The molecule has 9 nitrogen and oxygen atoms in total. The number of oxime groups is 1. The predicted molar refractivity (Wildman–Crippen MR) is 108 cm³/mol. The number of carbonyl (C=O) groups excluding carboxylic acids is 1. The van der Waals surface area contributed by atoms with E-state index in [4.69, 9.17) is 4.84 Å². The zero-order chi connectivity index (χ0) is 21.5. The summed E-state index contributed by atoms with van der Waals surface area (Å²) < 4.78 is 0. The quantitative estimate of drug-likeness (QED) is 0.250. The van der Waals surface area contributed by atoms with Gasteiger partial charge in [0.25, 0.3) is 11.4 Å². The number of hydrogen-bond acceptors (Lipinski definition) is 7. The number of rotatable bonds is 7. The van der Waals surface area contributed by atoms with Crippen molar-refractivity contribution >= 4 is 23.1 Å². The second-order valence-electron chi connectivity index (χ2n) is 6.19. The van der Waals surface area contributed by atoms with Gasteiger partial charge in [-0.15, -0.1) is 0 Å². The van der Waals surface area contributed by atoms with E-state index in [0.717, 1.165) is 5.56 Å². The molecular weight excluding hydrogens is 390 g/mol. The smallest absolute Gasteiger partial charge is 0.313 e. The van der Waals surface area contributed by atoms with Crippen LogP contribution in [0.3, 0.4) is 0 Å². The highest BCUT2D eigenvalue weighted by atomic mass is 16.7. The third-order valence-corrected chi connectivity index (χ3v) is 4.18. The van der Waals surface area contributed by atoms with Crippen molar-refractivity contribution in [2.75, 3.05) is 0 Å². The molecule has 3 aromatic carbocycles. The van der Waals surface area contributed by atoms with Crippen molar-refractivity contribution in [3.05, 3.63) is 116 Å². The van der Waals surface area contributed by atoms with Gasteiger partial charge in [-0.05, 0) is 23.3 Å². The maximum absolute atomic E-state index is 12.3. The molecule has 150 valence electrons. The van der Waals surface area contributed by atoms with E-state index < -0.39 is 15.8 Å². The van der Waals surface area contributed by atoms with E-state index in [1.807, 2.05) is 6.07 Å². The van der Waals surface area contributed by atoms with Gasteiger partial charge in [0.1, 0.15) is 0 Å². The molecule has 0 aliphatic heterocycles. The molecule has 9 heteroatoms. The third-order valence-electron chi connectivity index (χ3n) is 4.18. The molecule has 0 saturated heterocycles. The topological polar surface area (TPSA) is 125 Å². The minimum atomic E-state index is -0.762. The molecule has 0 aliphatic rings. The summed E-state index contributed by atoms with van der Waals surface area (Å²) in [5.74, 6) is -0.762. The van der Waals surface area contributed by atoms with Gasteiger partial charge in [-0.3, -0.25) is 20.2 Å². The van der Waals surface area contributed by atoms with Crippen molar-refractivity contribution in [3.63, 3.8) is 0 Å². The lowest BCUT2D eigenvalue weighted by Gasteiger charge is -2.07. The minimum absolute atomic E-state index is 0.0263. The van der Waals surface area contributed by atoms with E-state index in [1.165, 1.54) is 36.4 Å². The van der Waals surface area contributed by atoms with Crippen molar-refractivity contribution < 1.29 is 19.5 Å². The summed E-state index contributed by atoms with van der Waals surface area (Å²) in [6.45, 7) is 0. The Morgan fingerprint density at radius 3 is 1.83 bits per heavy atom. The van der Waals surface area contributed by atoms with Gasteiger partial charge in [0.05, 0.1) is 21.1 Å². The SMILES string of the molecule is O=C(O/N=C(\Cc1ccc([N+](=O)[O-])cc1)c1ccccc1)c1ccc([N+](=O)[O-])cc1. The highest BCUT2D eigenvalue weighted by Crippen LogP contribution is 2.16. The number of non-ortho nitro benzene ring substituents is 2. The Morgan fingerprint density at radius 1 is 0.767 bits per heavy atom.